The van der Waals surface area contributed by atoms with E-state index in [2.05, 4.69) is 20.6 Å². The van der Waals surface area contributed by atoms with Crippen LogP contribution in [-0.4, -0.2) is 34.4 Å². The van der Waals surface area contributed by atoms with Gasteiger partial charge >= 0.3 is 0 Å². The molecule has 0 aromatic carbocycles. The van der Waals surface area contributed by atoms with Crippen LogP contribution < -0.4 is 10.6 Å². The zero-order valence-corrected chi connectivity index (χ0v) is 11.9. The molecule has 0 aliphatic carbocycles. The minimum Gasteiger partial charge on any atom is -0.351 e. The molecule has 0 saturated carbocycles. The van der Waals surface area contributed by atoms with Gasteiger partial charge in [0.2, 0.25) is 12.3 Å². The van der Waals surface area contributed by atoms with Gasteiger partial charge in [0.05, 0.1) is 5.69 Å². The van der Waals surface area contributed by atoms with Crippen molar-refractivity contribution in [1.82, 2.24) is 20.6 Å². The van der Waals surface area contributed by atoms with Crippen LogP contribution in [0.3, 0.4) is 0 Å². The fourth-order valence-corrected chi connectivity index (χ4v) is 1.89. The third kappa shape index (κ3) is 4.73. The number of aryl methyl sites for hydroxylation is 1. The molecule has 0 bridgehead atoms. The molecule has 1 aromatic heterocycles. The molecule has 3 N–H and O–H groups in total. The number of nitrogens with zero attached hydrogens (tertiary/aromatic N) is 1. The molecule has 0 spiro atoms. The molecule has 6 nitrogen and oxygen atoms in total. The summed E-state index contributed by atoms with van der Waals surface area (Å²) in [7, 11) is 0. The molecule has 0 saturated heterocycles. The van der Waals surface area contributed by atoms with E-state index in [-0.39, 0.29) is 17.9 Å². The highest BCUT2D eigenvalue weighted by Crippen LogP contribution is 2.03. The molecule has 19 heavy (non-hydrogen) atoms. The highest BCUT2D eigenvalue weighted by atomic mass is 16.2. The van der Waals surface area contributed by atoms with Crippen molar-refractivity contribution in [2.75, 3.05) is 0 Å². The van der Waals surface area contributed by atoms with E-state index >= 15 is 0 Å². The number of aromatic nitrogens is 2. The van der Waals surface area contributed by atoms with E-state index in [1.165, 1.54) is 0 Å². The second-order valence-corrected chi connectivity index (χ2v) is 5.11. The Balaban J connectivity index is 2.52. The largest absolute Gasteiger partial charge is 0.351 e. The standard InChI is InChI=1S/C13H22N4O2/c1-8(2)12(15-7-18)13(19)17-9(3)5-11-14-6-10(4)16-11/h6-9,12H,5H2,1-4H3,(H,14,16)(H,15,18)(H,17,19)/t9-,12-/m0/s1. The molecular formula is C13H22N4O2. The van der Waals surface area contributed by atoms with Crippen LogP contribution in [0.15, 0.2) is 6.20 Å². The second kappa shape index (κ2) is 6.92. The van der Waals surface area contributed by atoms with Gasteiger partial charge in [0.25, 0.3) is 0 Å². The number of rotatable bonds is 7. The van der Waals surface area contributed by atoms with E-state index in [0.29, 0.717) is 12.8 Å². The molecule has 1 rings (SSSR count). The molecule has 2 amide bonds. The van der Waals surface area contributed by atoms with Crippen molar-refractivity contribution in [3.8, 4) is 0 Å². The van der Waals surface area contributed by atoms with Crippen LogP contribution >= 0.6 is 0 Å². The first kappa shape index (κ1) is 15.2. The molecule has 6 heteroatoms. The lowest BCUT2D eigenvalue weighted by Crippen LogP contribution is -2.49. The van der Waals surface area contributed by atoms with Crippen LogP contribution in [0, 0.1) is 12.8 Å². The van der Waals surface area contributed by atoms with Crippen molar-refractivity contribution in [3.63, 3.8) is 0 Å². The summed E-state index contributed by atoms with van der Waals surface area (Å²) in [5.41, 5.74) is 0.927. The molecule has 1 aromatic rings. The Morgan fingerprint density at radius 1 is 1.47 bits per heavy atom. The van der Waals surface area contributed by atoms with Crippen LogP contribution in [0.4, 0.5) is 0 Å². The van der Waals surface area contributed by atoms with Crippen LogP contribution in [0.2, 0.25) is 0 Å². The van der Waals surface area contributed by atoms with E-state index in [1.807, 2.05) is 33.9 Å². The molecule has 1 heterocycles. The van der Waals surface area contributed by atoms with Crippen molar-refractivity contribution >= 4 is 12.3 Å². The van der Waals surface area contributed by atoms with Crippen LogP contribution in [-0.2, 0) is 16.0 Å². The fraction of sp³-hybridized carbons (Fsp3) is 0.615. The maximum absolute atomic E-state index is 12.0. The molecule has 2 atom stereocenters. The molecule has 0 aliphatic heterocycles. The Labute approximate surface area is 113 Å². The average molecular weight is 266 g/mol. The molecular weight excluding hydrogens is 244 g/mol. The number of H-pyrrole nitrogens is 1. The van der Waals surface area contributed by atoms with Gasteiger partial charge in [-0.3, -0.25) is 9.59 Å². The smallest absolute Gasteiger partial charge is 0.243 e. The van der Waals surface area contributed by atoms with Gasteiger partial charge in [-0.05, 0) is 19.8 Å². The third-order valence-corrected chi connectivity index (χ3v) is 2.84. The lowest BCUT2D eigenvalue weighted by atomic mass is 10.0. The van der Waals surface area contributed by atoms with E-state index in [1.54, 1.807) is 0 Å². The van der Waals surface area contributed by atoms with E-state index in [0.717, 1.165) is 11.5 Å². The lowest BCUT2D eigenvalue weighted by molar-refractivity contribution is -0.127. The SMILES string of the molecule is Cc1c[nH]c(C[C@H](C)NC(=O)[C@@H](NC=O)C(C)C)n1. The first-order valence-corrected chi connectivity index (χ1v) is 6.45. The van der Waals surface area contributed by atoms with Crippen molar-refractivity contribution in [2.45, 2.75) is 46.2 Å². The van der Waals surface area contributed by atoms with Gasteiger partial charge in [0, 0.05) is 18.7 Å². The predicted octanol–water partition coefficient (Wildman–Crippen LogP) is 0.536. The van der Waals surface area contributed by atoms with Crippen molar-refractivity contribution in [3.05, 3.63) is 17.7 Å². The Hall–Kier alpha value is -1.85. The van der Waals surface area contributed by atoms with Gasteiger partial charge in [0.1, 0.15) is 11.9 Å². The number of hydrogen-bond acceptors (Lipinski definition) is 3. The molecule has 106 valence electrons. The summed E-state index contributed by atoms with van der Waals surface area (Å²) in [6.07, 6.45) is 3.02. The summed E-state index contributed by atoms with van der Waals surface area (Å²) in [6.45, 7) is 7.60. The number of imidazole rings is 1. The van der Waals surface area contributed by atoms with E-state index in [4.69, 9.17) is 0 Å². The summed E-state index contributed by atoms with van der Waals surface area (Å²) >= 11 is 0. The summed E-state index contributed by atoms with van der Waals surface area (Å²) in [5.74, 6) is 0.718. The molecule has 0 unspecified atom stereocenters. The van der Waals surface area contributed by atoms with Crippen molar-refractivity contribution in [2.24, 2.45) is 5.92 Å². The van der Waals surface area contributed by atoms with Gasteiger partial charge in [-0.25, -0.2) is 4.98 Å². The summed E-state index contributed by atoms with van der Waals surface area (Å²) in [4.78, 5) is 29.9. The number of amides is 2. The predicted molar refractivity (Wildman–Crippen MR) is 72.5 cm³/mol. The van der Waals surface area contributed by atoms with Gasteiger partial charge in [-0.2, -0.15) is 0 Å². The summed E-state index contributed by atoms with van der Waals surface area (Å²) in [5, 5.41) is 5.42. The molecule has 0 radical (unpaired) electrons. The number of nitrogens with one attached hydrogen (secondary N) is 3. The average Bonchev–Trinajstić information content (AvgIpc) is 2.70. The zero-order chi connectivity index (χ0) is 14.4. The molecule has 0 aliphatic rings. The first-order valence-electron chi connectivity index (χ1n) is 6.45. The number of carbonyl (C=O) groups excluding carboxylic acids is 2. The Bertz CT molecular complexity index is 428. The van der Waals surface area contributed by atoms with Gasteiger partial charge < -0.3 is 15.6 Å². The van der Waals surface area contributed by atoms with Crippen LogP contribution in [0.5, 0.6) is 0 Å². The van der Waals surface area contributed by atoms with E-state index < -0.39 is 6.04 Å². The highest BCUT2D eigenvalue weighted by molar-refractivity contribution is 5.84. The summed E-state index contributed by atoms with van der Waals surface area (Å²) < 4.78 is 0. The van der Waals surface area contributed by atoms with Crippen molar-refractivity contribution in [1.29, 1.82) is 0 Å². The minimum absolute atomic E-state index is 0.0447. The normalized spacial score (nSPS) is 13.9. The lowest BCUT2D eigenvalue weighted by Gasteiger charge is -2.22. The molecule has 0 fully saturated rings. The maximum atomic E-state index is 12.0. The Morgan fingerprint density at radius 2 is 2.16 bits per heavy atom. The number of hydrogen-bond donors (Lipinski definition) is 3. The van der Waals surface area contributed by atoms with Gasteiger partial charge in [-0.1, -0.05) is 13.8 Å². The quantitative estimate of drug-likeness (QED) is 0.629. The zero-order valence-electron chi connectivity index (χ0n) is 11.9. The third-order valence-electron chi connectivity index (χ3n) is 2.84. The van der Waals surface area contributed by atoms with Crippen molar-refractivity contribution < 1.29 is 9.59 Å². The number of aromatic amines is 1. The number of carbonyl (C=O) groups is 2. The topological polar surface area (TPSA) is 86.9 Å². The van der Waals surface area contributed by atoms with Crippen LogP contribution in [0.25, 0.3) is 0 Å². The first-order chi connectivity index (χ1) is 8.93. The Morgan fingerprint density at radius 3 is 2.63 bits per heavy atom. The van der Waals surface area contributed by atoms with Gasteiger partial charge in [0.15, 0.2) is 0 Å². The fourth-order valence-electron chi connectivity index (χ4n) is 1.89. The maximum Gasteiger partial charge on any atom is 0.243 e. The minimum atomic E-state index is -0.502. The van der Waals surface area contributed by atoms with Gasteiger partial charge in [-0.15, -0.1) is 0 Å². The summed E-state index contributed by atoms with van der Waals surface area (Å²) in [6, 6.07) is -0.550. The second-order valence-electron chi connectivity index (χ2n) is 5.11. The monoisotopic (exact) mass is 266 g/mol. The Kier molecular flexibility index (Phi) is 5.54. The van der Waals surface area contributed by atoms with Crippen LogP contribution in [0.1, 0.15) is 32.3 Å². The van der Waals surface area contributed by atoms with E-state index in [9.17, 15) is 9.59 Å². The highest BCUT2D eigenvalue weighted by Gasteiger charge is 2.22.